The number of allylic oxidation sites excluding steroid dienone is 1. The zero-order valence-electron chi connectivity index (χ0n) is 17.6. The third-order valence-corrected chi connectivity index (χ3v) is 4.44. The van der Waals surface area contributed by atoms with Crippen molar-refractivity contribution in [2.45, 2.75) is 32.6 Å². The van der Waals surface area contributed by atoms with Gasteiger partial charge in [-0.3, -0.25) is 14.3 Å². The summed E-state index contributed by atoms with van der Waals surface area (Å²) >= 11 is 0. The summed E-state index contributed by atoms with van der Waals surface area (Å²) < 4.78 is 8.17. The summed E-state index contributed by atoms with van der Waals surface area (Å²) in [5, 5.41) is 14.5. The van der Waals surface area contributed by atoms with E-state index in [4.69, 9.17) is 4.74 Å². The number of hydrazone groups is 1. The molecule has 2 heterocycles. The molecule has 0 fully saturated rings. The average molecular weight is 426 g/mol. The van der Waals surface area contributed by atoms with Gasteiger partial charge in [0, 0.05) is 13.3 Å². The number of hydrogen-bond acceptors (Lipinski definition) is 7. The van der Waals surface area contributed by atoms with Crippen LogP contribution in [0.25, 0.3) is 17.2 Å². The molecule has 0 unspecified atom stereocenters. The molecule has 0 aliphatic heterocycles. The summed E-state index contributed by atoms with van der Waals surface area (Å²) in [5.74, 6) is 0.217. The highest BCUT2D eigenvalue weighted by molar-refractivity contribution is 5.79. The molecular weight excluding hydrogens is 400 g/mol. The Morgan fingerprint density at radius 1 is 1.29 bits per heavy atom. The Hall–Kier alpha value is -3.50. The number of aryl methyl sites for hydroxylation is 1. The predicted molar refractivity (Wildman–Crippen MR) is 120 cm³/mol. The Morgan fingerprint density at radius 2 is 2.03 bits per heavy atom. The standard InChI is InChI=1S/C21H26N6O4/c1-14(2)31-13-16(28)12-27-17-18(26(3)21(30)24-19(17)29)23-20(27)25-22-11-7-10-15-8-5-4-6-9-15/h4-11,14,16,28H,12-13H2,1-3H3,(H,23,25)(H,24,29,30)/b10-7+,22-11+/t16-/m0/s1. The SMILES string of the molecule is CC(C)OC[C@@H](O)Cn1c(N/N=C/C=C/c2ccccc2)nc2c1c(=O)[nH]c(=O)n2C. The maximum absolute atomic E-state index is 12.4. The smallest absolute Gasteiger partial charge is 0.329 e. The van der Waals surface area contributed by atoms with Crippen molar-refractivity contribution in [2.24, 2.45) is 12.1 Å². The number of aromatic amines is 1. The molecule has 3 N–H and O–H groups in total. The highest BCUT2D eigenvalue weighted by atomic mass is 16.5. The van der Waals surface area contributed by atoms with Gasteiger partial charge in [-0.05, 0) is 25.5 Å². The minimum absolute atomic E-state index is 0.0300. The van der Waals surface area contributed by atoms with Crippen molar-refractivity contribution in [2.75, 3.05) is 12.0 Å². The van der Waals surface area contributed by atoms with Crippen LogP contribution in [-0.2, 0) is 18.3 Å². The Balaban J connectivity index is 1.88. The highest BCUT2D eigenvalue weighted by Gasteiger charge is 2.19. The van der Waals surface area contributed by atoms with E-state index in [1.54, 1.807) is 6.08 Å². The lowest BCUT2D eigenvalue weighted by atomic mass is 10.2. The van der Waals surface area contributed by atoms with E-state index in [2.05, 4.69) is 20.5 Å². The second-order valence-corrected chi connectivity index (χ2v) is 7.23. The minimum atomic E-state index is -0.890. The van der Waals surface area contributed by atoms with Gasteiger partial charge < -0.3 is 14.4 Å². The van der Waals surface area contributed by atoms with Crippen LogP contribution in [0, 0.1) is 0 Å². The molecule has 2 aromatic heterocycles. The Kier molecular flexibility index (Phi) is 7.16. The molecule has 0 saturated heterocycles. The third-order valence-electron chi connectivity index (χ3n) is 4.44. The summed E-state index contributed by atoms with van der Waals surface area (Å²) in [7, 11) is 1.51. The molecule has 0 saturated carbocycles. The van der Waals surface area contributed by atoms with Crippen LogP contribution in [0.3, 0.4) is 0 Å². The largest absolute Gasteiger partial charge is 0.389 e. The van der Waals surface area contributed by atoms with Gasteiger partial charge in [0.15, 0.2) is 11.2 Å². The summed E-state index contributed by atoms with van der Waals surface area (Å²) in [6.45, 7) is 3.85. The number of aliphatic hydroxyl groups excluding tert-OH is 1. The van der Waals surface area contributed by atoms with Gasteiger partial charge in [0.05, 0.1) is 25.4 Å². The van der Waals surface area contributed by atoms with Crippen LogP contribution in [0.4, 0.5) is 5.95 Å². The number of benzene rings is 1. The van der Waals surface area contributed by atoms with Crippen LogP contribution < -0.4 is 16.7 Å². The van der Waals surface area contributed by atoms with Gasteiger partial charge in [0.1, 0.15) is 0 Å². The molecule has 164 valence electrons. The summed E-state index contributed by atoms with van der Waals surface area (Å²) in [4.78, 5) is 31.0. The van der Waals surface area contributed by atoms with E-state index in [0.717, 1.165) is 5.56 Å². The number of imidazole rings is 1. The lowest BCUT2D eigenvalue weighted by molar-refractivity contribution is -0.000105. The van der Waals surface area contributed by atoms with Crippen LogP contribution in [0.15, 0.2) is 51.1 Å². The Labute approximate surface area is 178 Å². The first-order valence-electron chi connectivity index (χ1n) is 9.86. The van der Waals surface area contributed by atoms with Crippen molar-refractivity contribution < 1.29 is 9.84 Å². The molecule has 0 aliphatic carbocycles. The van der Waals surface area contributed by atoms with Gasteiger partial charge in [-0.1, -0.05) is 36.4 Å². The number of anilines is 1. The molecule has 0 spiro atoms. The zero-order chi connectivity index (χ0) is 22.4. The van der Waals surface area contributed by atoms with Gasteiger partial charge >= 0.3 is 5.69 Å². The van der Waals surface area contributed by atoms with Gasteiger partial charge in [-0.25, -0.2) is 10.2 Å². The first-order valence-corrected chi connectivity index (χ1v) is 9.86. The first-order chi connectivity index (χ1) is 14.9. The van der Waals surface area contributed by atoms with Gasteiger partial charge in [0.25, 0.3) is 5.56 Å². The third kappa shape index (κ3) is 5.56. The highest BCUT2D eigenvalue weighted by Crippen LogP contribution is 2.16. The lowest BCUT2D eigenvalue weighted by Gasteiger charge is -2.15. The summed E-state index contributed by atoms with van der Waals surface area (Å²) in [6, 6.07) is 9.74. The van der Waals surface area contributed by atoms with E-state index in [1.165, 1.54) is 22.4 Å². The van der Waals surface area contributed by atoms with Crippen LogP contribution >= 0.6 is 0 Å². The molecule has 0 aliphatic rings. The number of fused-ring (bicyclic) bond motifs is 1. The lowest BCUT2D eigenvalue weighted by Crippen LogP contribution is -2.30. The normalized spacial score (nSPS) is 13.1. The van der Waals surface area contributed by atoms with Gasteiger partial charge in [-0.2, -0.15) is 10.1 Å². The van der Waals surface area contributed by atoms with Crippen molar-refractivity contribution in [3.63, 3.8) is 0 Å². The fourth-order valence-corrected chi connectivity index (χ4v) is 2.92. The monoisotopic (exact) mass is 426 g/mol. The molecule has 31 heavy (non-hydrogen) atoms. The van der Waals surface area contributed by atoms with Crippen molar-refractivity contribution in [1.29, 1.82) is 0 Å². The Bertz CT molecular complexity index is 1190. The van der Waals surface area contributed by atoms with Crippen LogP contribution in [0.2, 0.25) is 0 Å². The van der Waals surface area contributed by atoms with E-state index in [9.17, 15) is 14.7 Å². The number of ether oxygens (including phenoxy) is 1. The van der Waals surface area contributed by atoms with Crippen molar-refractivity contribution in [1.82, 2.24) is 19.1 Å². The van der Waals surface area contributed by atoms with Crippen LogP contribution in [-0.4, -0.2) is 49.2 Å². The number of aliphatic hydroxyl groups is 1. The molecule has 3 rings (SSSR count). The number of rotatable bonds is 9. The van der Waals surface area contributed by atoms with E-state index in [0.29, 0.717) is 0 Å². The predicted octanol–water partition coefficient (Wildman–Crippen LogP) is 1.32. The molecule has 1 aromatic carbocycles. The summed E-state index contributed by atoms with van der Waals surface area (Å²) in [5.41, 5.74) is 2.98. The van der Waals surface area contributed by atoms with Crippen LogP contribution in [0.1, 0.15) is 19.4 Å². The number of nitrogens with one attached hydrogen (secondary N) is 2. The average Bonchev–Trinajstić information content (AvgIpc) is 3.10. The molecule has 0 amide bonds. The van der Waals surface area contributed by atoms with E-state index in [1.807, 2.05) is 50.3 Å². The summed E-state index contributed by atoms with van der Waals surface area (Å²) in [6.07, 6.45) is 4.24. The van der Waals surface area contributed by atoms with E-state index in [-0.39, 0.29) is 36.4 Å². The van der Waals surface area contributed by atoms with Gasteiger partial charge in [-0.15, -0.1) is 0 Å². The van der Waals surface area contributed by atoms with E-state index >= 15 is 0 Å². The molecule has 10 nitrogen and oxygen atoms in total. The second kappa shape index (κ2) is 10.0. The van der Waals surface area contributed by atoms with Gasteiger partial charge in [0.2, 0.25) is 5.95 Å². The number of nitrogens with zero attached hydrogens (tertiary/aromatic N) is 4. The molecular formula is C21H26N6O4. The Morgan fingerprint density at radius 3 is 2.74 bits per heavy atom. The number of hydrogen-bond donors (Lipinski definition) is 3. The van der Waals surface area contributed by atoms with Crippen LogP contribution in [0.5, 0.6) is 0 Å². The maximum Gasteiger partial charge on any atom is 0.329 e. The maximum atomic E-state index is 12.4. The van der Waals surface area contributed by atoms with Crippen molar-refractivity contribution in [3.8, 4) is 0 Å². The fraction of sp³-hybridized carbons (Fsp3) is 0.333. The fourth-order valence-electron chi connectivity index (χ4n) is 2.92. The molecule has 0 bridgehead atoms. The van der Waals surface area contributed by atoms with Crippen molar-refractivity contribution in [3.05, 3.63) is 62.8 Å². The molecule has 3 aromatic rings. The zero-order valence-corrected chi connectivity index (χ0v) is 17.6. The molecule has 1 atom stereocenters. The molecule has 0 radical (unpaired) electrons. The van der Waals surface area contributed by atoms with Crippen molar-refractivity contribution >= 4 is 29.4 Å². The van der Waals surface area contributed by atoms with E-state index < -0.39 is 17.4 Å². The molecule has 10 heteroatoms. The number of aromatic nitrogens is 4. The second-order valence-electron chi connectivity index (χ2n) is 7.23. The first kappa shape index (κ1) is 22.2. The number of H-pyrrole nitrogens is 1. The quantitative estimate of drug-likeness (QED) is 0.350. The topological polar surface area (TPSA) is 127 Å². The minimum Gasteiger partial charge on any atom is -0.389 e.